The SMILES string of the molecule is Cl.N[C@H](c1cccc(-c2ccccc2)c1)[C@@H](O)Cc1ccccc1. The van der Waals surface area contributed by atoms with Crippen molar-refractivity contribution < 1.29 is 5.11 Å². The summed E-state index contributed by atoms with van der Waals surface area (Å²) in [5, 5.41) is 10.5. The summed E-state index contributed by atoms with van der Waals surface area (Å²) < 4.78 is 0. The Morgan fingerprint density at radius 1 is 0.750 bits per heavy atom. The van der Waals surface area contributed by atoms with Crippen LogP contribution in [0, 0.1) is 0 Å². The lowest BCUT2D eigenvalue weighted by Crippen LogP contribution is -2.28. The predicted octanol–water partition coefficient (Wildman–Crippen LogP) is 4.38. The zero-order chi connectivity index (χ0) is 16.1. The molecule has 3 aromatic carbocycles. The molecule has 3 rings (SSSR count). The largest absolute Gasteiger partial charge is 0.391 e. The Bertz CT molecular complexity index is 746. The van der Waals surface area contributed by atoms with Crippen LogP contribution in [0.3, 0.4) is 0 Å². The van der Waals surface area contributed by atoms with Crippen molar-refractivity contribution in [2.24, 2.45) is 5.73 Å². The van der Waals surface area contributed by atoms with Crippen LogP contribution < -0.4 is 5.73 Å². The van der Waals surface area contributed by atoms with Crippen LogP contribution in [-0.2, 0) is 6.42 Å². The minimum absolute atomic E-state index is 0. The highest BCUT2D eigenvalue weighted by molar-refractivity contribution is 5.85. The fourth-order valence-electron chi connectivity index (χ4n) is 2.76. The maximum absolute atomic E-state index is 10.5. The van der Waals surface area contributed by atoms with E-state index in [1.165, 1.54) is 0 Å². The molecule has 0 bridgehead atoms. The Kier molecular flexibility index (Phi) is 6.56. The number of benzene rings is 3. The Morgan fingerprint density at radius 3 is 2.00 bits per heavy atom. The van der Waals surface area contributed by atoms with E-state index in [1.807, 2.05) is 60.7 Å². The number of hydrogen-bond donors (Lipinski definition) is 2. The molecule has 0 aliphatic carbocycles. The molecule has 0 aromatic heterocycles. The van der Waals surface area contributed by atoms with Crippen LogP contribution in [-0.4, -0.2) is 11.2 Å². The van der Waals surface area contributed by atoms with Crippen molar-refractivity contribution in [3.05, 3.63) is 96.1 Å². The minimum Gasteiger partial charge on any atom is -0.391 e. The molecule has 0 saturated carbocycles. The first-order valence-corrected chi connectivity index (χ1v) is 7.87. The molecular formula is C21H22ClNO. The molecule has 0 radical (unpaired) electrons. The molecule has 2 atom stereocenters. The third kappa shape index (κ3) is 4.45. The van der Waals surface area contributed by atoms with Crippen LogP contribution in [0.4, 0.5) is 0 Å². The van der Waals surface area contributed by atoms with Gasteiger partial charge in [-0.15, -0.1) is 12.4 Å². The third-order valence-corrected chi connectivity index (χ3v) is 4.08. The highest BCUT2D eigenvalue weighted by atomic mass is 35.5. The fourth-order valence-corrected chi connectivity index (χ4v) is 2.76. The molecular weight excluding hydrogens is 318 g/mol. The molecule has 2 nitrogen and oxygen atoms in total. The molecule has 0 heterocycles. The molecule has 0 saturated heterocycles. The lowest BCUT2D eigenvalue weighted by atomic mass is 9.94. The lowest BCUT2D eigenvalue weighted by Gasteiger charge is -2.20. The van der Waals surface area contributed by atoms with Crippen molar-refractivity contribution in [1.29, 1.82) is 0 Å². The van der Waals surface area contributed by atoms with Crippen molar-refractivity contribution in [2.45, 2.75) is 18.6 Å². The van der Waals surface area contributed by atoms with Crippen LogP contribution >= 0.6 is 12.4 Å². The van der Waals surface area contributed by atoms with Gasteiger partial charge in [-0.05, 0) is 28.3 Å². The van der Waals surface area contributed by atoms with Crippen LogP contribution in [0.2, 0.25) is 0 Å². The van der Waals surface area contributed by atoms with Crippen molar-refractivity contribution in [3.63, 3.8) is 0 Å². The van der Waals surface area contributed by atoms with Gasteiger partial charge in [0.05, 0.1) is 12.1 Å². The average molecular weight is 340 g/mol. The van der Waals surface area contributed by atoms with E-state index in [1.54, 1.807) is 0 Å². The van der Waals surface area contributed by atoms with E-state index in [0.717, 1.165) is 22.3 Å². The summed E-state index contributed by atoms with van der Waals surface area (Å²) in [6.07, 6.45) is -0.0548. The van der Waals surface area contributed by atoms with Gasteiger partial charge in [-0.2, -0.15) is 0 Å². The van der Waals surface area contributed by atoms with Crippen LogP contribution in [0.1, 0.15) is 17.2 Å². The summed E-state index contributed by atoms with van der Waals surface area (Å²) in [5.41, 5.74) is 10.6. The second-order valence-corrected chi connectivity index (χ2v) is 5.77. The van der Waals surface area contributed by atoms with E-state index < -0.39 is 12.1 Å². The standard InChI is InChI=1S/C21H21NO.ClH/c22-21(20(23)14-16-8-3-1-4-9-16)19-13-7-12-18(15-19)17-10-5-2-6-11-17;/h1-13,15,20-21,23H,14,22H2;1H/t20-,21+;/m0./s1. The van der Waals surface area contributed by atoms with Crippen molar-refractivity contribution >= 4 is 12.4 Å². The van der Waals surface area contributed by atoms with E-state index in [9.17, 15) is 5.11 Å². The van der Waals surface area contributed by atoms with Crippen LogP contribution in [0.25, 0.3) is 11.1 Å². The van der Waals surface area contributed by atoms with Crippen molar-refractivity contribution in [3.8, 4) is 11.1 Å². The average Bonchev–Trinajstić information content (AvgIpc) is 2.63. The molecule has 3 heteroatoms. The van der Waals surface area contributed by atoms with Gasteiger partial charge < -0.3 is 10.8 Å². The van der Waals surface area contributed by atoms with Gasteiger partial charge in [-0.3, -0.25) is 0 Å². The Labute approximate surface area is 149 Å². The molecule has 3 N–H and O–H groups in total. The first-order chi connectivity index (χ1) is 11.2. The maximum Gasteiger partial charge on any atom is 0.0773 e. The van der Waals surface area contributed by atoms with Gasteiger partial charge >= 0.3 is 0 Å². The quantitative estimate of drug-likeness (QED) is 0.724. The zero-order valence-corrected chi connectivity index (χ0v) is 14.2. The monoisotopic (exact) mass is 339 g/mol. The summed E-state index contributed by atoms with van der Waals surface area (Å²) in [6.45, 7) is 0. The topological polar surface area (TPSA) is 46.2 Å². The zero-order valence-electron chi connectivity index (χ0n) is 13.4. The summed E-state index contributed by atoms with van der Waals surface area (Å²) in [6, 6.07) is 27.8. The van der Waals surface area contributed by atoms with Crippen molar-refractivity contribution in [2.75, 3.05) is 0 Å². The van der Waals surface area contributed by atoms with Crippen molar-refractivity contribution in [1.82, 2.24) is 0 Å². The van der Waals surface area contributed by atoms with E-state index in [4.69, 9.17) is 5.73 Å². The lowest BCUT2D eigenvalue weighted by molar-refractivity contribution is 0.145. The van der Waals surface area contributed by atoms with Gasteiger partial charge in [0.2, 0.25) is 0 Å². The van der Waals surface area contributed by atoms with E-state index >= 15 is 0 Å². The Balaban J connectivity index is 0.00000208. The van der Waals surface area contributed by atoms with E-state index in [-0.39, 0.29) is 12.4 Å². The molecule has 0 unspecified atom stereocenters. The smallest absolute Gasteiger partial charge is 0.0773 e. The van der Waals surface area contributed by atoms with Gasteiger partial charge in [-0.25, -0.2) is 0 Å². The number of aliphatic hydroxyl groups is 1. The second-order valence-electron chi connectivity index (χ2n) is 5.77. The maximum atomic E-state index is 10.5. The highest BCUT2D eigenvalue weighted by Crippen LogP contribution is 2.24. The highest BCUT2D eigenvalue weighted by Gasteiger charge is 2.17. The second kappa shape index (κ2) is 8.65. The molecule has 3 aromatic rings. The molecule has 0 fully saturated rings. The first-order valence-electron chi connectivity index (χ1n) is 7.87. The minimum atomic E-state index is -0.608. The number of aliphatic hydroxyl groups excluding tert-OH is 1. The first kappa shape index (κ1) is 18.2. The molecule has 124 valence electrons. The van der Waals surface area contributed by atoms with Crippen LogP contribution in [0.15, 0.2) is 84.9 Å². The van der Waals surface area contributed by atoms with Gasteiger partial charge in [0.1, 0.15) is 0 Å². The number of nitrogens with two attached hydrogens (primary N) is 1. The van der Waals surface area contributed by atoms with Gasteiger partial charge in [0, 0.05) is 6.42 Å². The number of halogens is 1. The van der Waals surface area contributed by atoms with E-state index in [2.05, 4.69) is 24.3 Å². The third-order valence-electron chi connectivity index (χ3n) is 4.08. The summed E-state index contributed by atoms with van der Waals surface area (Å²) >= 11 is 0. The number of rotatable bonds is 5. The molecule has 0 amide bonds. The summed E-state index contributed by atoms with van der Waals surface area (Å²) in [4.78, 5) is 0. The van der Waals surface area contributed by atoms with E-state index in [0.29, 0.717) is 6.42 Å². The number of hydrogen-bond acceptors (Lipinski definition) is 2. The van der Waals surface area contributed by atoms with Gasteiger partial charge in [0.25, 0.3) is 0 Å². The van der Waals surface area contributed by atoms with Gasteiger partial charge in [0.15, 0.2) is 0 Å². The van der Waals surface area contributed by atoms with Crippen LogP contribution in [0.5, 0.6) is 0 Å². The normalized spacial score (nSPS) is 12.9. The Hall–Kier alpha value is -2.13. The molecule has 0 aliphatic rings. The van der Waals surface area contributed by atoms with Gasteiger partial charge in [-0.1, -0.05) is 78.9 Å². The molecule has 24 heavy (non-hydrogen) atoms. The molecule has 0 aliphatic heterocycles. The predicted molar refractivity (Wildman–Crippen MR) is 102 cm³/mol. The fraction of sp³-hybridized carbons (Fsp3) is 0.143. The molecule has 0 spiro atoms. The summed E-state index contributed by atoms with van der Waals surface area (Å²) in [5.74, 6) is 0. The summed E-state index contributed by atoms with van der Waals surface area (Å²) in [7, 11) is 0. The Morgan fingerprint density at radius 2 is 1.33 bits per heavy atom.